The van der Waals surface area contributed by atoms with Crippen LogP contribution >= 0.6 is 0 Å². The van der Waals surface area contributed by atoms with Gasteiger partial charge in [0.05, 0.1) is 5.92 Å². The van der Waals surface area contributed by atoms with Crippen molar-refractivity contribution in [2.75, 3.05) is 13.2 Å². The highest BCUT2D eigenvalue weighted by molar-refractivity contribution is 5.74. The molecule has 1 atom stereocenters. The molecule has 0 heterocycles. The Morgan fingerprint density at radius 3 is 2.26 bits per heavy atom. The van der Waals surface area contributed by atoms with Crippen molar-refractivity contribution in [3.05, 3.63) is 24.3 Å². The summed E-state index contributed by atoms with van der Waals surface area (Å²) in [6.07, 6.45) is 0.680. The highest BCUT2D eigenvalue weighted by Crippen LogP contribution is 2.19. The number of benzene rings is 1. The maximum absolute atomic E-state index is 12.5. The van der Waals surface area contributed by atoms with Gasteiger partial charge in [-0.15, -0.1) is 0 Å². The lowest BCUT2D eigenvalue weighted by molar-refractivity contribution is -0.155. The molecule has 1 aromatic carbocycles. The van der Waals surface area contributed by atoms with Crippen LogP contribution in [0.4, 0.5) is 8.78 Å². The minimum absolute atomic E-state index is 0.197. The minimum atomic E-state index is -3.07. The average Bonchev–Trinajstić information content (AvgIpc) is 2.50. The zero-order chi connectivity index (χ0) is 17.5. The number of esters is 2. The largest absolute Gasteiger partial charge is 0.482 e. The molecule has 0 N–H and O–H groups in total. The van der Waals surface area contributed by atoms with Gasteiger partial charge < -0.3 is 14.2 Å². The van der Waals surface area contributed by atoms with Gasteiger partial charge in [0.2, 0.25) is 0 Å². The summed E-state index contributed by atoms with van der Waals surface area (Å²) >= 11 is 0. The molecule has 1 unspecified atom stereocenters. The highest BCUT2D eigenvalue weighted by Gasteiger charge is 2.23. The summed E-state index contributed by atoms with van der Waals surface area (Å²) in [6, 6.07) is 6.03. The third-order valence-electron chi connectivity index (χ3n) is 2.90. The Bertz CT molecular complexity index is 522. The Morgan fingerprint density at radius 2 is 1.74 bits per heavy atom. The Kier molecular flexibility index (Phi) is 6.93. The molecule has 0 spiro atoms. The van der Waals surface area contributed by atoms with Crippen LogP contribution in [0.2, 0.25) is 0 Å². The average molecular weight is 330 g/mol. The fourth-order valence-electron chi connectivity index (χ4n) is 1.38. The molecule has 7 heteroatoms. The molecule has 0 bridgehead atoms. The van der Waals surface area contributed by atoms with Crippen molar-refractivity contribution in [2.24, 2.45) is 5.92 Å². The van der Waals surface area contributed by atoms with E-state index in [2.05, 4.69) is 4.74 Å². The van der Waals surface area contributed by atoms with Crippen LogP contribution in [0, 0.1) is 5.92 Å². The van der Waals surface area contributed by atoms with Crippen LogP contribution in [-0.4, -0.2) is 31.1 Å². The quantitative estimate of drug-likeness (QED) is 0.541. The molecular weight excluding hydrogens is 310 g/mol. The summed E-state index contributed by atoms with van der Waals surface area (Å²) < 4.78 is 39.7. The van der Waals surface area contributed by atoms with E-state index in [1.54, 1.807) is 6.92 Å². The van der Waals surface area contributed by atoms with Gasteiger partial charge in [0, 0.05) is 6.92 Å². The van der Waals surface area contributed by atoms with Gasteiger partial charge in [-0.2, -0.15) is 0 Å². The van der Waals surface area contributed by atoms with E-state index >= 15 is 0 Å². The molecule has 0 aliphatic carbocycles. The van der Waals surface area contributed by atoms with E-state index in [-0.39, 0.29) is 11.9 Å². The third-order valence-corrected chi connectivity index (χ3v) is 2.90. The molecule has 0 aromatic heterocycles. The van der Waals surface area contributed by atoms with Gasteiger partial charge in [-0.3, -0.25) is 4.79 Å². The van der Waals surface area contributed by atoms with E-state index in [4.69, 9.17) is 9.47 Å². The van der Waals surface area contributed by atoms with E-state index in [0.29, 0.717) is 24.8 Å². The second-order valence-electron chi connectivity index (χ2n) is 5.22. The molecule has 0 saturated heterocycles. The lowest BCUT2D eigenvalue weighted by atomic mass is 10.1. The number of carbonyl (C=O) groups is 2. The molecule has 1 aromatic rings. The van der Waals surface area contributed by atoms with E-state index in [1.165, 1.54) is 24.3 Å². The van der Waals surface area contributed by atoms with Crippen molar-refractivity contribution in [1.29, 1.82) is 0 Å². The lowest BCUT2D eigenvalue weighted by Gasteiger charge is -2.12. The second-order valence-corrected chi connectivity index (χ2v) is 5.22. The lowest BCUT2D eigenvalue weighted by Crippen LogP contribution is -2.24. The predicted molar refractivity (Wildman–Crippen MR) is 78.6 cm³/mol. The van der Waals surface area contributed by atoms with Gasteiger partial charge in [-0.1, -0.05) is 13.8 Å². The zero-order valence-corrected chi connectivity index (χ0v) is 13.3. The van der Waals surface area contributed by atoms with Gasteiger partial charge in [-0.25, -0.2) is 13.6 Å². The SMILES string of the molecule is CCC(C)C(=O)Oc1ccc(OCC(=O)OCC(C)(F)F)cc1. The monoisotopic (exact) mass is 330 g/mol. The number of alkyl halides is 2. The molecule has 0 saturated carbocycles. The second kappa shape index (κ2) is 8.45. The normalized spacial score (nSPS) is 12.4. The summed E-state index contributed by atoms with van der Waals surface area (Å²) in [7, 11) is 0. The number of carbonyl (C=O) groups excluding carboxylic acids is 2. The van der Waals surface area contributed by atoms with Crippen molar-refractivity contribution < 1.29 is 32.6 Å². The number of halogens is 2. The summed E-state index contributed by atoms with van der Waals surface area (Å²) in [5, 5.41) is 0. The predicted octanol–water partition coefficient (Wildman–Crippen LogP) is 3.22. The Hall–Kier alpha value is -2.18. The van der Waals surface area contributed by atoms with E-state index in [0.717, 1.165) is 0 Å². The fourth-order valence-corrected chi connectivity index (χ4v) is 1.38. The molecule has 0 fully saturated rings. The van der Waals surface area contributed by atoms with Gasteiger partial charge in [0.15, 0.2) is 13.2 Å². The van der Waals surface area contributed by atoms with Crippen molar-refractivity contribution in [3.8, 4) is 11.5 Å². The highest BCUT2D eigenvalue weighted by atomic mass is 19.3. The number of hydrogen-bond acceptors (Lipinski definition) is 5. The summed E-state index contributed by atoms with van der Waals surface area (Å²) in [6.45, 7) is 2.84. The summed E-state index contributed by atoms with van der Waals surface area (Å²) in [5.74, 6) is -3.80. The van der Waals surface area contributed by atoms with Crippen LogP contribution in [0.5, 0.6) is 11.5 Å². The van der Waals surface area contributed by atoms with Crippen molar-refractivity contribution >= 4 is 11.9 Å². The van der Waals surface area contributed by atoms with Crippen LogP contribution in [0.1, 0.15) is 27.2 Å². The third kappa shape index (κ3) is 7.58. The Balaban J connectivity index is 2.42. The van der Waals surface area contributed by atoms with Gasteiger partial charge in [0.25, 0.3) is 5.92 Å². The Morgan fingerprint density at radius 1 is 1.17 bits per heavy atom. The molecule has 0 radical (unpaired) electrons. The first-order valence-electron chi connectivity index (χ1n) is 7.19. The molecule has 5 nitrogen and oxygen atoms in total. The molecule has 0 amide bonds. The van der Waals surface area contributed by atoms with E-state index in [9.17, 15) is 18.4 Å². The number of rotatable bonds is 8. The standard InChI is InChI=1S/C16H20F2O5/c1-4-11(2)15(20)23-13-7-5-12(6-8-13)21-9-14(19)22-10-16(3,17)18/h5-8,11H,4,9-10H2,1-3H3. The van der Waals surface area contributed by atoms with Crippen LogP contribution < -0.4 is 9.47 Å². The summed E-state index contributed by atoms with van der Waals surface area (Å²) in [5.41, 5.74) is 0. The molecular formula is C16H20F2O5. The first kappa shape index (κ1) is 18.9. The number of ether oxygens (including phenoxy) is 3. The first-order valence-corrected chi connectivity index (χ1v) is 7.19. The molecule has 1 rings (SSSR count). The van der Waals surface area contributed by atoms with Crippen LogP contribution in [-0.2, 0) is 14.3 Å². The molecule has 128 valence electrons. The van der Waals surface area contributed by atoms with Gasteiger partial charge in [0.1, 0.15) is 11.5 Å². The van der Waals surface area contributed by atoms with Crippen LogP contribution in [0.3, 0.4) is 0 Å². The maximum Gasteiger partial charge on any atom is 0.344 e. The number of hydrogen-bond donors (Lipinski definition) is 0. The van der Waals surface area contributed by atoms with Gasteiger partial charge in [-0.05, 0) is 30.7 Å². The van der Waals surface area contributed by atoms with Gasteiger partial charge >= 0.3 is 11.9 Å². The van der Waals surface area contributed by atoms with Crippen molar-refractivity contribution in [3.63, 3.8) is 0 Å². The van der Waals surface area contributed by atoms with Crippen molar-refractivity contribution in [1.82, 2.24) is 0 Å². The van der Waals surface area contributed by atoms with E-state index < -0.39 is 25.1 Å². The smallest absolute Gasteiger partial charge is 0.344 e. The Labute approximate surface area is 133 Å². The maximum atomic E-state index is 12.5. The van der Waals surface area contributed by atoms with Crippen molar-refractivity contribution in [2.45, 2.75) is 33.1 Å². The zero-order valence-electron chi connectivity index (χ0n) is 13.3. The van der Waals surface area contributed by atoms with Crippen LogP contribution in [0.15, 0.2) is 24.3 Å². The first-order chi connectivity index (χ1) is 10.7. The molecule has 0 aliphatic rings. The summed E-state index contributed by atoms with van der Waals surface area (Å²) in [4.78, 5) is 22.9. The topological polar surface area (TPSA) is 61.8 Å². The minimum Gasteiger partial charge on any atom is -0.482 e. The van der Waals surface area contributed by atoms with E-state index in [1.807, 2.05) is 6.92 Å². The molecule has 23 heavy (non-hydrogen) atoms. The molecule has 0 aliphatic heterocycles. The van der Waals surface area contributed by atoms with Crippen LogP contribution in [0.25, 0.3) is 0 Å². The fraction of sp³-hybridized carbons (Fsp3) is 0.500.